The first-order chi connectivity index (χ1) is 11.2. The van der Waals surface area contributed by atoms with Crippen LogP contribution < -0.4 is 5.32 Å². The van der Waals surface area contributed by atoms with Crippen LogP contribution in [-0.4, -0.2) is 41.1 Å². The summed E-state index contributed by atoms with van der Waals surface area (Å²) in [5, 5.41) is 4.15. The molecular formula is C19H23N3S. The maximum atomic E-state index is 5.54. The van der Waals surface area contributed by atoms with Crippen LogP contribution in [0, 0.1) is 6.92 Å². The molecule has 23 heavy (non-hydrogen) atoms. The molecule has 1 saturated heterocycles. The summed E-state index contributed by atoms with van der Waals surface area (Å²) in [6.45, 7) is 7.22. The number of benzene rings is 2. The first-order valence-corrected chi connectivity index (χ1v) is 8.50. The molecule has 3 nitrogen and oxygen atoms in total. The Balaban J connectivity index is 1.49. The molecule has 3 rings (SSSR count). The van der Waals surface area contributed by atoms with Crippen molar-refractivity contribution in [3.05, 3.63) is 65.7 Å². The predicted octanol–water partition coefficient (Wildman–Crippen LogP) is 3.51. The van der Waals surface area contributed by atoms with E-state index in [9.17, 15) is 0 Å². The van der Waals surface area contributed by atoms with Crippen LogP contribution in [0.1, 0.15) is 11.1 Å². The number of aryl methyl sites for hydroxylation is 1. The van der Waals surface area contributed by atoms with Crippen LogP contribution in [-0.2, 0) is 6.54 Å². The van der Waals surface area contributed by atoms with E-state index >= 15 is 0 Å². The van der Waals surface area contributed by atoms with Gasteiger partial charge in [-0.15, -0.1) is 0 Å². The Morgan fingerprint density at radius 1 is 1.00 bits per heavy atom. The van der Waals surface area contributed by atoms with E-state index in [1.165, 1.54) is 11.1 Å². The molecule has 4 heteroatoms. The topological polar surface area (TPSA) is 18.5 Å². The SMILES string of the molecule is Cc1cccc(CN2CCN(C(=S)Nc3ccccc3)CC2)c1. The molecule has 0 saturated carbocycles. The molecule has 1 N–H and O–H groups in total. The van der Waals surface area contributed by atoms with E-state index in [4.69, 9.17) is 12.2 Å². The highest BCUT2D eigenvalue weighted by Crippen LogP contribution is 2.12. The van der Waals surface area contributed by atoms with Crippen LogP contribution in [0.3, 0.4) is 0 Å². The summed E-state index contributed by atoms with van der Waals surface area (Å²) in [6.07, 6.45) is 0. The van der Waals surface area contributed by atoms with Crippen molar-refractivity contribution in [2.75, 3.05) is 31.5 Å². The van der Waals surface area contributed by atoms with Gasteiger partial charge in [0, 0.05) is 38.4 Å². The van der Waals surface area contributed by atoms with Gasteiger partial charge >= 0.3 is 0 Å². The molecule has 0 bridgehead atoms. The number of hydrogen-bond acceptors (Lipinski definition) is 2. The lowest BCUT2D eigenvalue weighted by molar-refractivity contribution is 0.177. The number of anilines is 1. The molecule has 0 aliphatic carbocycles. The van der Waals surface area contributed by atoms with Crippen molar-refractivity contribution in [3.8, 4) is 0 Å². The van der Waals surface area contributed by atoms with E-state index in [1.807, 2.05) is 30.3 Å². The van der Waals surface area contributed by atoms with Gasteiger partial charge < -0.3 is 10.2 Å². The third kappa shape index (κ3) is 4.53. The van der Waals surface area contributed by atoms with Crippen molar-refractivity contribution >= 4 is 23.0 Å². The first kappa shape index (κ1) is 16.0. The highest BCUT2D eigenvalue weighted by atomic mass is 32.1. The summed E-state index contributed by atoms with van der Waals surface area (Å²) in [6, 6.07) is 18.9. The zero-order valence-electron chi connectivity index (χ0n) is 13.5. The van der Waals surface area contributed by atoms with Gasteiger partial charge in [-0.2, -0.15) is 0 Å². The van der Waals surface area contributed by atoms with Gasteiger partial charge in [-0.3, -0.25) is 4.90 Å². The Bertz CT molecular complexity index is 649. The fourth-order valence-electron chi connectivity index (χ4n) is 2.90. The maximum Gasteiger partial charge on any atom is 0.173 e. The fraction of sp³-hybridized carbons (Fsp3) is 0.316. The number of para-hydroxylation sites is 1. The molecule has 1 aliphatic heterocycles. The average Bonchev–Trinajstić information content (AvgIpc) is 2.56. The maximum absolute atomic E-state index is 5.54. The van der Waals surface area contributed by atoms with Crippen LogP contribution in [0.4, 0.5) is 5.69 Å². The second kappa shape index (κ2) is 7.57. The van der Waals surface area contributed by atoms with Crippen molar-refractivity contribution in [1.29, 1.82) is 0 Å². The van der Waals surface area contributed by atoms with E-state index in [-0.39, 0.29) is 0 Å². The summed E-state index contributed by atoms with van der Waals surface area (Å²) < 4.78 is 0. The standard InChI is InChI=1S/C19H23N3S/c1-16-6-5-7-17(14-16)15-21-10-12-22(13-11-21)19(23)20-18-8-3-2-4-9-18/h2-9,14H,10-13,15H2,1H3,(H,20,23). The minimum atomic E-state index is 0.825. The van der Waals surface area contributed by atoms with E-state index in [0.29, 0.717) is 0 Å². The number of thiocarbonyl (C=S) groups is 1. The quantitative estimate of drug-likeness (QED) is 0.870. The molecule has 0 aromatic heterocycles. The Morgan fingerprint density at radius 2 is 1.74 bits per heavy atom. The molecule has 0 radical (unpaired) electrons. The van der Waals surface area contributed by atoms with Crippen molar-refractivity contribution in [1.82, 2.24) is 9.80 Å². The molecule has 0 unspecified atom stereocenters. The van der Waals surface area contributed by atoms with Gasteiger partial charge in [0.2, 0.25) is 0 Å². The summed E-state index contributed by atoms with van der Waals surface area (Å²) in [5.74, 6) is 0. The third-order valence-corrected chi connectivity index (χ3v) is 4.53. The lowest BCUT2D eigenvalue weighted by Gasteiger charge is -2.36. The number of piperazine rings is 1. The smallest absolute Gasteiger partial charge is 0.173 e. The molecule has 120 valence electrons. The highest BCUT2D eigenvalue weighted by molar-refractivity contribution is 7.80. The minimum Gasteiger partial charge on any atom is -0.346 e. The third-order valence-electron chi connectivity index (χ3n) is 4.17. The van der Waals surface area contributed by atoms with Gasteiger partial charge in [-0.25, -0.2) is 0 Å². The Morgan fingerprint density at radius 3 is 2.43 bits per heavy atom. The lowest BCUT2D eigenvalue weighted by Crippen LogP contribution is -2.49. The molecule has 0 amide bonds. The number of hydrogen-bond donors (Lipinski definition) is 1. The molecular weight excluding hydrogens is 302 g/mol. The van der Waals surface area contributed by atoms with E-state index in [2.05, 4.69) is 46.3 Å². The minimum absolute atomic E-state index is 0.825. The van der Waals surface area contributed by atoms with Gasteiger partial charge in [0.05, 0.1) is 0 Å². The van der Waals surface area contributed by atoms with E-state index in [0.717, 1.165) is 43.5 Å². The second-order valence-corrected chi connectivity index (χ2v) is 6.44. The number of nitrogens with zero attached hydrogens (tertiary/aromatic N) is 2. The van der Waals surface area contributed by atoms with Crippen LogP contribution >= 0.6 is 12.2 Å². The van der Waals surface area contributed by atoms with Crippen LogP contribution in [0.25, 0.3) is 0 Å². The first-order valence-electron chi connectivity index (χ1n) is 8.09. The predicted molar refractivity (Wildman–Crippen MR) is 101 cm³/mol. The van der Waals surface area contributed by atoms with Crippen LogP contribution in [0.15, 0.2) is 54.6 Å². The van der Waals surface area contributed by atoms with Gasteiger partial charge in [-0.1, -0.05) is 48.0 Å². The number of rotatable bonds is 3. The lowest BCUT2D eigenvalue weighted by atomic mass is 10.1. The molecule has 1 aliphatic rings. The summed E-state index contributed by atoms with van der Waals surface area (Å²) in [5.41, 5.74) is 3.78. The fourth-order valence-corrected chi connectivity index (χ4v) is 3.20. The Hall–Kier alpha value is -1.91. The Labute approximate surface area is 143 Å². The summed E-state index contributed by atoms with van der Waals surface area (Å²) >= 11 is 5.54. The molecule has 0 spiro atoms. The zero-order chi connectivity index (χ0) is 16.1. The normalized spacial score (nSPS) is 15.4. The summed E-state index contributed by atoms with van der Waals surface area (Å²) in [7, 11) is 0. The van der Waals surface area contributed by atoms with Crippen molar-refractivity contribution < 1.29 is 0 Å². The molecule has 1 heterocycles. The molecule has 1 fully saturated rings. The highest BCUT2D eigenvalue weighted by Gasteiger charge is 2.19. The van der Waals surface area contributed by atoms with E-state index < -0.39 is 0 Å². The molecule has 2 aromatic carbocycles. The molecule has 0 atom stereocenters. The van der Waals surface area contributed by atoms with Crippen molar-refractivity contribution in [2.24, 2.45) is 0 Å². The second-order valence-electron chi connectivity index (χ2n) is 6.05. The average molecular weight is 325 g/mol. The monoisotopic (exact) mass is 325 g/mol. The Kier molecular flexibility index (Phi) is 5.26. The van der Waals surface area contributed by atoms with Crippen LogP contribution in [0.2, 0.25) is 0 Å². The largest absolute Gasteiger partial charge is 0.346 e. The van der Waals surface area contributed by atoms with Crippen molar-refractivity contribution in [3.63, 3.8) is 0 Å². The summed E-state index contributed by atoms with van der Waals surface area (Å²) in [4.78, 5) is 4.76. The van der Waals surface area contributed by atoms with Gasteiger partial charge in [0.25, 0.3) is 0 Å². The number of nitrogens with one attached hydrogen (secondary N) is 1. The van der Waals surface area contributed by atoms with Crippen LogP contribution in [0.5, 0.6) is 0 Å². The molecule has 2 aromatic rings. The van der Waals surface area contributed by atoms with Crippen molar-refractivity contribution in [2.45, 2.75) is 13.5 Å². The van der Waals surface area contributed by atoms with E-state index in [1.54, 1.807) is 0 Å². The van der Waals surface area contributed by atoms with Gasteiger partial charge in [0.1, 0.15) is 0 Å². The van der Waals surface area contributed by atoms with Gasteiger partial charge in [0.15, 0.2) is 5.11 Å². The van der Waals surface area contributed by atoms with Gasteiger partial charge in [-0.05, 0) is 36.8 Å². The zero-order valence-corrected chi connectivity index (χ0v) is 14.4.